The Bertz CT molecular complexity index is 585. The van der Waals surface area contributed by atoms with E-state index >= 15 is 0 Å². The number of hydrogen-bond acceptors (Lipinski definition) is 3. The van der Waals surface area contributed by atoms with Crippen molar-refractivity contribution in [1.82, 2.24) is 15.1 Å². The molecule has 1 spiro atoms. The van der Waals surface area contributed by atoms with Crippen molar-refractivity contribution in [2.45, 2.75) is 64.0 Å². The number of alkyl halides is 2. The fourth-order valence-corrected chi connectivity index (χ4v) is 4.24. The number of nitrogens with zero attached hydrogens (tertiary/aromatic N) is 2. The van der Waals surface area contributed by atoms with Crippen molar-refractivity contribution in [3.8, 4) is 5.88 Å². The molecule has 2 N–H and O–H groups in total. The van der Waals surface area contributed by atoms with Crippen LogP contribution < -0.4 is 15.4 Å². The first-order valence-corrected chi connectivity index (χ1v) is 8.55. The van der Waals surface area contributed by atoms with Crippen LogP contribution in [0.5, 0.6) is 5.88 Å². The van der Waals surface area contributed by atoms with E-state index in [4.69, 9.17) is 0 Å². The van der Waals surface area contributed by atoms with E-state index in [9.17, 15) is 13.6 Å². The largest absolute Gasteiger partial charge is 0.417 e. The van der Waals surface area contributed by atoms with Crippen molar-refractivity contribution in [1.29, 1.82) is 0 Å². The normalized spacial score (nSPS) is 22.8. The van der Waals surface area contributed by atoms with Gasteiger partial charge in [-0.15, -0.1) is 0 Å². The Balaban J connectivity index is 1.59. The summed E-state index contributed by atoms with van der Waals surface area (Å²) in [6.07, 6.45) is 9.40. The molecule has 2 fully saturated rings. The lowest BCUT2D eigenvalue weighted by Crippen LogP contribution is -2.46. The highest BCUT2D eigenvalue weighted by Gasteiger charge is 2.43. The average molecular weight is 342 g/mol. The van der Waals surface area contributed by atoms with Gasteiger partial charge < -0.3 is 10.1 Å². The highest BCUT2D eigenvalue weighted by molar-refractivity contribution is 5.88. The highest BCUT2D eigenvalue weighted by atomic mass is 19.3. The van der Waals surface area contributed by atoms with Crippen LogP contribution >= 0.6 is 0 Å². The van der Waals surface area contributed by atoms with Crippen molar-refractivity contribution < 1.29 is 18.3 Å². The number of aryl methyl sites for hydroxylation is 1. The molecule has 1 atom stereocenters. The van der Waals surface area contributed by atoms with Crippen molar-refractivity contribution in [2.75, 3.05) is 5.32 Å². The number of aromatic nitrogens is 2. The summed E-state index contributed by atoms with van der Waals surface area (Å²) in [7, 11) is 1.48. The second-order valence-corrected chi connectivity index (χ2v) is 6.84. The number of anilines is 1. The molecule has 2 amide bonds. The standard InChI is InChI=1S/C16H24F2N4O2/c1-22-13(24-14(17)18)10-12(21-22)20-15(23)19-11-6-5-9-16(11)7-3-2-4-8-16/h10-11,14H,2-9H2,1H3,(H2,19,20,21,23). The molecule has 2 aliphatic carbocycles. The fraction of sp³-hybridized carbons (Fsp3) is 0.750. The molecular weight excluding hydrogens is 318 g/mol. The number of carbonyl (C=O) groups is 1. The van der Waals surface area contributed by atoms with Gasteiger partial charge in [-0.1, -0.05) is 25.7 Å². The maximum atomic E-state index is 12.3. The van der Waals surface area contributed by atoms with Gasteiger partial charge in [0.25, 0.3) is 0 Å². The summed E-state index contributed by atoms with van der Waals surface area (Å²) >= 11 is 0. The second-order valence-electron chi connectivity index (χ2n) is 6.84. The summed E-state index contributed by atoms with van der Waals surface area (Å²) in [5.41, 5.74) is 0.240. The first-order chi connectivity index (χ1) is 11.5. The smallest absolute Gasteiger partial charge is 0.388 e. The number of rotatable bonds is 4. The summed E-state index contributed by atoms with van der Waals surface area (Å²) in [5.74, 6) is 0.103. The summed E-state index contributed by atoms with van der Waals surface area (Å²) in [6, 6.07) is 1.13. The van der Waals surface area contributed by atoms with E-state index in [1.165, 1.54) is 56.3 Å². The van der Waals surface area contributed by atoms with Gasteiger partial charge in [0.1, 0.15) is 0 Å². The van der Waals surface area contributed by atoms with Crippen LogP contribution in [0.4, 0.5) is 19.4 Å². The summed E-state index contributed by atoms with van der Waals surface area (Å²) in [5, 5.41) is 9.66. The van der Waals surface area contributed by atoms with Gasteiger partial charge >= 0.3 is 12.6 Å². The van der Waals surface area contributed by atoms with Crippen LogP contribution in [-0.4, -0.2) is 28.5 Å². The Morgan fingerprint density at radius 1 is 1.33 bits per heavy atom. The van der Waals surface area contributed by atoms with Gasteiger partial charge in [-0.05, 0) is 31.1 Å². The molecule has 2 aliphatic rings. The molecule has 3 rings (SSSR count). The number of halogens is 2. The zero-order valence-corrected chi connectivity index (χ0v) is 13.9. The maximum absolute atomic E-state index is 12.3. The van der Waals surface area contributed by atoms with E-state index in [1.807, 2.05) is 0 Å². The van der Waals surface area contributed by atoms with Gasteiger partial charge in [0, 0.05) is 19.2 Å². The van der Waals surface area contributed by atoms with Gasteiger partial charge in [-0.25, -0.2) is 9.48 Å². The third kappa shape index (κ3) is 3.62. The van der Waals surface area contributed by atoms with Crippen molar-refractivity contribution in [2.24, 2.45) is 12.5 Å². The second kappa shape index (κ2) is 6.94. The van der Waals surface area contributed by atoms with E-state index in [2.05, 4.69) is 20.5 Å². The molecule has 134 valence electrons. The van der Waals surface area contributed by atoms with Crippen LogP contribution in [0, 0.1) is 5.41 Å². The van der Waals surface area contributed by atoms with Crippen molar-refractivity contribution >= 4 is 11.8 Å². The summed E-state index contributed by atoms with van der Waals surface area (Å²) in [6.45, 7) is -2.92. The molecule has 6 nitrogen and oxygen atoms in total. The number of carbonyl (C=O) groups excluding carboxylic acids is 1. The molecule has 24 heavy (non-hydrogen) atoms. The van der Waals surface area contributed by atoms with Crippen molar-refractivity contribution in [3.05, 3.63) is 6.07 Å². The van der Waals surface area contributed by atoms with Crippen LogP contribution in [0.1, 0.15) is 51.4 Å². The zero-order chi connectivity index (χ0) is 17.2. The predicted octanol–water partition coefficient (Wildman–Crippen LogP) is 3.65. The van der Waals surface area contributed by atoms with E-state index in [0.717, 1.165) is 12.8 Å². The van der Waals surface area contributed by atoms with Gasteiger partial charge in [-0.2, -0.15) is 13.9 Å². The first kappa shape index (κ1) is 17.0. The monoisotopic (exact) mass is 342 g/mol. The molecule has 0 aromatic carbocycles. The van der Waals surface area contributed by atoms with Gasteiger partial charge in [0.2, 0.25) is 5.88 Å². The molecule has 0 bridgehead atoms. The molecule has 8 heteroatoms. The van der Waals surface area contributed by atoms with E-state index in [1.54, 1.807) is 0 Å². The predicted molar refractivity (Wildman–Crippen MR) is 85.2 cm³/mol. The topological polar surface area (TPSA) is 68.2 Å². The van der Waals surface area contributed by atoms with Gasteiger partial charge in [-0.3, -0.25) is 5.32 Å². The molecule has 1 aromatic rings. The molecular formula is C16H24F2N4O2. The van der Waals surface area contributed by atoms with Crippen LogP contribution in [0.25, 0.3) is 0 Å². The maximum Gasteiger partial charge on any atom is 0.388 e. The number of amides is 2. The van der Waals surface area contributed by atoms with Gasteiger partial charge in [0.15, 0.2) is 5.82 Å². The lowest BCUT2D eigenvalue weighted by atomic mass is 9.70. The van der Waals surface area contributed by atoms with Crippen LogP contribution in [0.3, 0.4) is 0 Å². The van der Waals surface area contributed by atoms with Crippen LogP contribution in [-0.2, 0) is 7.05 Å². The third-order valence-electron chi connectivity index (χ3n) is 5.35. The molecule has 1 heterocycles. The minimum absolute atomic E-state index is 0.0927. The average Bonchev–Trinajstić information content (AvgIpc) is 3.04. The van der Waals surface area contributed by atoms with Gasteiger partial charge in [0.05, 0.1) is 0 Å². The minimum Gasteiger partial charge on any atom is -0.417 e. The van der Waals surface area contributed by atoms with Crippen LogP contribution in [0.15, 0.2) is 6.07 Å². The Labute approximate surface area is 139 Å². The number of hydrogen-bond donors (Lipinski definition) is 2. The van der Waals surface area contributed by atoms with E-state index < -0.39 is 6.61 Å². The fourth-order valence-electron chi connectivity index (χ4n) is 4.24. The molecule has 0 radical (unpaired) electrons. The molecule has 1 aromatic heterocycles. The lowest BCUT2D eigenvalue weighted by Gasteiger charge is -2.39. The third-order valence-corrected chi connectivity index (χ3v) is 5.35. The van der Waals surface area contributed by atoms with E-state index in [-0.39, 0.29) is 29.2 Å². The zero-order valence-electron chi connectivity index (χ0n) is 13.9. The number of nitrogens with one attached hydrogen (secondary N) is 2. The SMILES string of the molecule is Cn1nc(NC(=O)NC2CCCC23CCCCC3)cc1OC(F)F. The Kier molecular flexibility index (Phi) is 4.91. The van der Waals surface area contributed by atoms with Crippen molar-refractivity contribution in [3.63, 3.8) is 0 Å². The minimum atomic E-state index is -2.92. The first-order valence-electron chi connectivity index (χ1n) is 8.55. The Morgan fingerprint density at radius 3 is 2.75 bits per heavy atom. The van der Waals surface area contributed by atoms with E-state index in [0.29, 0.717) is 0 Å². The molecule has 0 saturated heterocycles. The number of ether oxygens (including phenoxy) is 1. The molecule has 1 unspecified atom stereocenters. The lowest BCUT2D eigenvalue weighted by molar-refractivity contribution is -0.0553. The Morgan fingerprint density at radius 2 is 2.04 bits per heavy atom. The molecule has 0 aliphatic heterocycles. The quantitative estimate of drug-likeness (QED) is 0.878. The summed E-state index contributed by atoms with van der Waals surface area (Å²) < 4.78 is 30.1. The Hall–Kier alpha value is -1.86. The van der Waals surface area contributed by atoms with Crippen LogP contribution in [0.2, 0.25) is 0 Å². The number of urea groups is 1. The molecule has 2 saturated carbocycles. The highest BCUT2D eigenvalue weighted by Crippen LogP contribution is 2.49. The summed E-state index contributed by atoms with van der Waals surface area (Å²) in [4.78, 5) is 12.3.